The summed E-state index contributed by atoms with van der Waals surface area (Å²) in [7, 11) is 0. The third kappa shape index (κ3) is 8.64. The molecule has 0 aliphatic heterocycles. The van der Waals surface area contributed by atoms with Crippen LogP contribution in [0.2, 0.25) is 0 Å². The van der Waals surface area contributed by atoms with Crippen LogP contribution in [0.5, 0.6) is 0 Å². The number of hydrogen-bond donors (Lipinski definition) is 0. The summed E-state index contributed by atoms with van der Waals surface area (Å²) in [6.07, 6.45) is 0. The third-order valence-electron chi connectivity index (χ3n) is 18.7. The first kappa shape index (κ1) is 53.8. The van der Waals surface area contributed by atoms with Gasteiger partial charge in [-0.3, -0.25) is 0 Å². The fraction of sp³-hybridized carbons (Fsp3) is 0.106. The van der Waals surface area contributed by atoms with Gasteiger partial charge in [0.05, 0.1) is 22.5 Å². The maximum atomic E-state index is 7.35. The Bertz CT molecular complexity index is 5140. The summed E-state index contributed by atoms with van der Waals surface area (Å²) in [5.41, 5.74) is 22.6. The van der Waals surface area contributed by atoms with Crippen molar-refractivity contribution >= 4 is 88.8 Å². The van der Waals surface area contributed by atoms with E-state index >= 15 is 0 Å². The first-order valence-corrected chi connectivity index (χ1v) is 31.1. The van der Waals surface area contributed by atoms with Crippen LogP contribution >= 0.6 is 0 Å². The van der Waals surface area contributed by atoms with E-state index in [1.165, 1.54) is 44.5 Å². The van der Waals surface area contributed by atoms with Gasteiger partial charge in [0.2, 0.25) is 0 Å². The second-order valence-corrected chi connectivity index (χ2v) is 25.9. The summed E-state index contributed by atoms with van der Waals surface area (Å²) in [6, 6.07) is 107. The molecule has 0 spiro atoms. The van der Waals surface area contributed by atoms with Crippen molar-refractivity contribution in [1.82, 2.24) is 0 Å². The Morgan fingerprint density at radius 2 is 0.674 bits per heavy atom. The predicted octanol–water partition coefficient (Wildman–Crippen LogP) is 23.9. The molecule has 0 amide bonds. The summed E-state index contributed by atoms with van der Waals surface area (Å²) in [5, 5.41) is 6.58. The number of nitrogens with zero attached hydrogens (tertiary/aromatic N) is 2. The van der Waals surface area contributed by atoms with Crippen LogP contribution in [0.25, 0.3) is 88.0 Å². The van der Waals surface area contributed by atoms with Gasteiger partial charge in [-0.15, -0.1) is 0 Å². The van der Waals surface area contributed by atoms with Gasteiger partial charge < -0.3 is 18.6 Å². The van der Waals surface area contributed by atoms with Crippen LogP contribution in [0.1, 0.15) is 74.9 Å². The Balaban J connectivity index is 0.981. The molecule has 2 heterocycles. The Morgan fingerprint density at radius 3 is 1.16 bits per heavy atom. The van der Waals surface area contributed by atoms with Crippen LogP contribution in [0.15, 0.2) is 300 Å². The number of benzene rings is 13. The molecular formula is C85H66N2O2. The Hall–Kier alpha value is -10.7. The second kappa shape index (κ2) is 20.8. The zero-order valence-corrected chi connectivity index (χ0v) is 50.9. The van der Waals surface area contributed by atoms with Crippen LogP contribution in [-0.2, 0) is 16.2 Å². The molecule has 0 unspecified atom stereocenters. The lowest BCUT2D eigenvalue weighted by atomic mass is 9.67. The molecule has 1 aliphatic rings. The molecule has 428 valence electrons. The molecule has 89 heavy (non-hydrogen) atoms. The molecular weight excluding hydrogens is 1080 g/mol. The largest absolute Gasteiger partial charge is 0.453 e. The minimum absolute atomic E-state index is 0.0438. The van der Waals surface area contributed by atoms with E-state index in [1.807, 2.05) is 0 Å². The van der Waals surface area contributed by atoms with Gasteiger partial charge in [-0.1, -0.05) is 278 Å². The highest BCUT2D eigenvalue weighted by Gasteiger charge is 2.48. The molecule has 4 nitrogen and oxygen atoms in total. The summed E-state index contributed by atoms with van der Waals surface area (Å²) in [4.78, 5) is 4.89. The van der Waals surface area contributed by atoms with Crippen LogP contribution < -0.4 is 9.80 Å². The minimum Gasteiger partial charge on any atom is -0.453 e. The molecule has 13 aromatic carbocycles. The van der Waals surface area contributed by atoms with E-state index in [9.17, 15) is 0 Å². The average Bonchev–Trinajstić information content (AvgIpc) is 1.57. The molecule has 0 atom stereocenters. The van der Waals surface area contributed by atoms with Crippen molar-refractivity contribution in [3.63, 3.8) is 0 Å². The van der Waals surface area contributed by atoms with Crippen molar-refractivity contribution in [2.24, 2.45) is 0 Å². The van der Waals surface area contributed by atoms with Crippen molar-refractivity contribution in [1.29, 1.82) is 0 Å². The lowest BCUT2D eigenvalue weighted by Crippen LogP contribution is -2.29. The number of furan rings is 2. The number of anilines is 6. The first-order valence-electron chi connectivity index (χ1n) is 31.1. The summed E-state index contributed by atoms with van der Waals surface area (Å²) in [6.45, 7) is 13.7. The Kier molecular flexibility index (Phi) is 12.5. The molecule has 0 radical (unpaired) electrons. The normalized spacial score (nSPS) is 12.9. The van der Waals surface area contributed by atoms with E-state index in [-0.39, 0.29) is 10.8 Å². The molecule has 1 aliphatic carbocycles. The predicted molar refractivity (Wildman–Crippen MR) is 373 cm³/mol. The highest BCUT2D eigenvalue weighted by atomic mass is 16.3. The Morgan fingerprint density at radius 1 is 0.281 bits per heavy atom. The van der Waals surface area contributed by atoms with E-state index in [1.54, 1.807) is 0 Å². The van der Waals surface area contributed by atoms with Crippen LogP contribution in [0.3, 0.4) is 0 Å². The standard InChI is InChI=1S/C85H66N2O2/c1-83(2,3)57-43-47-61(48-44-57)86(75-41-23-39-70-68-37-21-35-64(79(68)88-81(70)75)55-25-11-7-12-26-55)63-51-52-72-73(53-63)85(59-29-15-9-16-30-59,60-31-17-10-18-32-60)74-54-77(66-33-19-20-34-67(66)78(72)74)87(62-49-45-58(46-50-62)84(4,5)6)76-42-24-40-71-69-38-22-36-65(80(69)89-82(71)76)56-27-13-8-14-28-56/h7-54H,1-6H3. The van der Waals surface area contributed by atoms with Gasteiger partial charge in [-0.25, -0.2) is 0 Å². The van der Waals surface area contributed by atoms with Gasteiger partial charge in [0.15, 0.2) is 11.2 Å². The van der Waals surface area contributed by atoms with E-state index in [4.69, 9.17) is 8.83 Å². The quantitative estimate of drug-likeness (QED) is 0.137. The fourth-order valence-electron chi connectivity index (χ4n) is 14.3. The minimum atomic E-state index is -0.822. The van der Waals surface area contributed by atoms with Crippen molar-refractivity contribution in [3.8, 4) is 33.4 Å². The molecule has 4 heteroatoms. The lowest BCUT2D eigenvalue weighted by Gasteiger charge is -2.36. The lowest BCUT2D eigenvalue weighted by molar-refractivity contribution is 0.590. The van der Waals surface area contributed by atoms with Gasteiger partial charge in [0.25, 0.3) is 0 Å². The SMILES string of the molecule is CC(C)(C)c1ccc(N(c2ccc3c(c2)C(c2ccccc2)(c2ccccc2)c2cc(N(c4ccc(C(C)(C)C)cc4)c4cccc5c4oc4c(-c6ccccc6)cccc45)c4ccccc4c2-3)c2cccc3c2oc2c(-c4ccccc4)cccc23)cc1. The molecule has 0 fully saturated rings. The van der Waals surface area contributed by atoms with E-state index in [0.717, 1.165) is 111 Å². The van der Waals surface area contributed by atoms with E-state index in [2.05, 4.69) is 343 Å². The molecule has 0 saturated carbocycles. The number of para-hydroxylation sites is 4. The number of fused-ring (bicyclic) bond motifs is 11. The highest BCUT2D eigenvalue weighted by Crippen LogP contribution is 2.61. The maximum absolute atomic E-state index is 7.35. The number of hydrogen-bond acceptors (Lipinski definition) is 4. The van der Waals surface area contributed by atoms with E-state index < -0.39 is 5.41 Å². The van der Waals surface area contributed by atoms with Crippen LogP contribution in [0.4, 0.5) is 34.1 Å². The highest BCUT2D eigenvalue weighted by molar-refractivity contribution is 6.17. The average molecular weight is 1150 g/mol. The molecule has 0 bridgehead atoms. The Labute approximate surface area is 520 Å². The molecule has 0 N–H and O–H groups in total. The van der Waals surface area contributed by atoms with Gasteiger partial charge in [-0.05, 0) is 126 Å². The van der Waals surface area contributed by atoms with Gasteiger partial charge in [0.1, 0.15) is 11.2 Å². The number of rotatable bonds is 10. The van der Waals surface area contributed by atoms with E-state index in [0.29, 0.717) is 0 Å². The van der Waals surface area contributed by atoms with Crippen molar-refractivity contribution < 1.29 is 8.83 Å². The molecule has 16 rings (SSSR count). The smallest absolute Gasteiger partial charge is 0.159 e. The summed E-state index contributed by atoms with van der Waals surface area (Å²) in [5.74, 6) is 0. The first-order chi connectivity index (χ1) is 43.4. The molecule has 15 aromatic rings. The maximum Gasteiger partial charge on any atom is 0.159 e. The van der Waals surface area contributed by atoms with Gasteiger partial charge >= 0.3 is 0 Å². The molecule has 2 aromatic heterocycles. The van der Waals surface area contributed by atoms with Crippen molar-refractivity contribution in [3.05, 3.63) is 325 Å². The van der Waals surface area contributed by atoms with Crippen molar-refractivity contribution in [2.75, 3.05) is 9.80 Å². The van der Waals surface area contributed by atoms with Gasteiger partial charge in [0, 0.05) is 55.1 Å². The fourth-order valence-corrected chi connectivity index (χ4v) is 14.3. The zero-order valence-electron chi connectivity index (χ0n) is 50.9. The summed E-state index contributed by atoms with van der Waals surface area (Å²) >= 11 is 0. The molecule has 0 saturated heterocycles. The van der Waals surface area contributed by atoms with Gasteiger partial charge in [-0.2, -0.15) is 0 Å². The second-order valence-electron chi connectivity index (χ2n) is 25.9. The third-order valence-corrected chi connectivity index (χ3v) is 18.7. The topological polar surface area (TPSA) is 32.8 Å². The van der Waals surface area contributed by atoms with Crippen molar-refractivity contribution in [2.45, 2.75) is 57.8 Å². The summed E-state index contributed by atoms with van der Waals surface area (Å²) < 4.78 is 14.6. The van der Waals surface area contributed by atoms with Crippen LogP contribution in [-0.4, -0.2) is 0 Å². The van der Waals surface area contributed by atoms with Crippen LogP contribution in [0, 0.1) is 0 Å². The monoisotopic (exact) mass is 1150 g/mol. The zero-order chi connectivity index (χ0) is 60.2.